The van der Waals surface area contributed by atoms with E-state index < -0.39 is 5.97 Å². The normalized spacial score (nSPS) is 10.3. The van der Waals surface area contributed by atoms with Crippen molar-refractivity contribution in [2.24, 2.45) is 0 Å². The highest BCUT2D eigenvalue weighted by Gasteiger charge is 2.10. The highest BCUT2D eigenvalue weighted by molar-refractivity contribution is 5.92. The Labute approximate surface area is 113 Å². The Morgan fingerprint density at radius 2 is 1.89 bits per heavy atom. The zero-order valence-electron chi connectivity index (χ0n) is 11.5. The Morgan fingerprint density at radius 3 is 2.37 bits per heavy atom. The van der Waals surface area contributed by atoms with Crippen LogP contribution in [0.15, 0.2) is 18.2 Å². The van der Waals surface area contributed by atoms with Gasteiger partial charge in [0.25, 0.3) is 0 Å². The first-order valence-electron chi connectivity index (χ1n) is 6.39. The van der Waals surface area contributed by atoms with Gasteiger partial charge >= 0.3 is 12.0 Å². The predicted octanol–water partition coefficient (Wildman–Crippen LogP) is 3.00. The van der Waals surface area contributed by atoms with Gasteiger partial charge in [0.2, 0.25) is 0 Å². The third-order valence-electron chi connectivity index (χ3n) is 3.04. The molecule has 5 heteroatoms. The van der Waals surface area contributed by atoms with E-state index in [1.807, 2.05) is 13.8 Å². The average molecular weight is 264 g/mol. The minimum atomic E-state index is -0.967. The Kier molecular flexibility index (Phi) is 5.36. The molecule has 0 atom stereocenters. The second-order valence-electron chi connectivity index (χ2n) is 4.45. The standard InChI is InChI=1S/C14H20N2O3/c1-4-10(5-2)15-14(19)16-11-6-7-12(13(17)18)9(3)8-11/h6-8,10H,4-5H2,1-3H3,(H,17,18)(H2,15,16,19). The maximum absolute atomic E-state index is 11.7. The largest absolute Gasteiger partial charge is 0.478 e. The lowest BCUT2D eigenvalue weighted by molar-refractivity contribution is 0.0696. The molecule has 0 aliphatic heterocycles. The molecule has 104 valence electrons. The van der Waals surface area contributed by atoms with Crippen molar-refractivity contribution < 1.29 is 14.7 Å². The van der Waals surface area contributed by atoms with Crippen LogP contribution in [0, 0.1) is 6.92 Å². The van der Waals surface area contributed by atoms with Gasteiger partial charge in [0.1, 0.15) is 0 Å². The van der Waals surface area contributed by atoms with Gasteiger partial charge in [-0.15, -0.1) is 0 Å². The van der Waals surface area contributed by atoms with Crippen LogP contribution in [0.5, 0.6) is 0 Å². The van der Waals surface area contributed by atoms with E-state index in [0.717, 1.165) is 12.8 Å². The Morgan fingerprint density at radius 1 is 1.26 bits per heavy atom. The molecule has 0 fully saturated rings. The fraction of sp³-hybridized carbons (Fsp3) is 0.429. The molecule has 1 rings (SSSR count). The molecule has 0 aromatic heterocycles. The van der Waals surface area contributed by atoms with Crippen LogP contribution in [-0.2, 0) is 0 Å². The number of carboxylic acids is 1. The van der Waals surface area contributed by atoms with Crippen molar-refractivity contribution in [2.75, 3.05) is 5.32 Å². The molecule has 0 aliphatic carbocycles. The summed E-state index contributed by atoms with van der Waals surface area (Å²) in [5, 5.41) is 14.5. The van der Waals surface area contributed by atoms with Crippen LogP contribution in [-0.4, -0.2) is 23.1 Å². The lowest BCUT2D eigenvalue weighted by Crippen LogP contribution is -2.37. The van der Waals surface area contributed by atoms with E-state index >= 15 is 0 Å². The van der Waals surface area contributed by atoms with Gasteiger partial charge in [-0.25, -0.2) is 9.59 Å². The van der Waals surface area contributed by atoms with Gasteiger partial charge in [0.15, 0.2) is 0 Å². The maximum Gasteiger partial charge on any atom is 0.335 e. The van der Waals surface area contributed by atoms with Crippen molar-refractivity contribution in [2.45, 2.75) is 39.7 Å². The van der Waals surface area contributed by atoms with Crippen LogP contribution in [0.4, 0.5) is 10.5 Å². The number of aromatic carboxylic acids is 1. The SMILES string of the molecule is CCC(CC)NC(=O)Nc1ccc(C(=O)O)c(C)c1. The van der Waals surface area contributed by atoms with Gasteiger partial charge in [-0.3, -0.25) is 0 Å². The van der Waals surface area contributed by atoms with Gasteiger partial charge < -0.3 is 15.7 Å². The van der Waals surface area contributed by atoms with E-state index in [0.29, 0.717) is 11.3 Å². The van der Waals surface area contributed by atoms with Crippen molar-refractivity contribution in [3.05, 3.63) is 29.3 Å². The monoisotopic (exact) mass is 264 g/mol. The number of nitrogens with one attached hydrogen (secondary N) is 2. The molecule has 3 N–H and O–H groups in total. The lowest BCUT2D eigenvalue weighted by Gasteiger charge is -2.15. The lowest BCUT2D eigenvalue weighted by atomic mass is 10.1. The van der Waals surface area contributed by atoms with Crippen molar-refractivity contribution in [3.8, 4) is 0 Å². The highest BCUT2D eigenvalue weighted by Crippen LogP contribution is 2.15. The number of amides is 2. The third-order valence-corrected chi connectivity index (χ3v) is 3.04. The molecule has 5 nitrogen and oxygen atoms in total. The summed E-state index contributed by atoms with van der Waals surface area (Å²) in [6.07, 6.45) is 1.75. The van der Waals surface area contributed by atoms with Gasteiger partial charge in [0, 0.05) is 11.7 Å². The Hall–Kier alpha value is -2.04. The number of hydrogen-bond donors (Lipinski definition) is 3. The van der Waals surface area contributed by atoms with Crippen LogP contribution in [0.2, 0.25) is 0 Å². The molecule has 0 saturated heterocycles. The van der Waals surface area contributed by atoms with Crippen molar-refractivity contribution in [3.63, 3.8) is 0 Å². The maximum atomic E-state index is 11.7. The summed E-state index contributed by atoms with van der Waals surface area (Å²) in [5.74, 6) is -0.967. The molecular formula is C14H20N2O3. The number of carbonyl (C=O) groups is 2. The highest BCUT2D eigenvalue weighted by atomic mass is 16.4. The van der Waals surface area contributed by atoms with E-state index in [9.17, 15) is 9.59 Å². The number of urea groups is 1. The summed E-state index contributed by atoms with van der Waals surface area (Å²) in [7, 11) is 0. The van der Waals surface area contributed by atoms with Gasteiger partial charge in [-0.2, -0.15) is 0 Å². The first-order valence-corrected chi connectivity index (χ1v) is 6.39. The average Bonchev–Trinajstić information content (AvgIpc) is 2.35. The molecule has 0 spiro atoms. The number of hydrogen-bond acceptors (Lipinski definition) is 2. The van der Waals surface area contributed by atoms with Crippen LogP contribution >= 0.6 is 0 Å². The van der Waals surface area contributed by atoms with Gasteiger partial charge in [-0.1, -0.05) is 13.8 Å². The van der Waals surface area contributed by atoms with Crippen LogP contribution < -0.4 is 10.6 Å². The minimum absolute atomic E-state index is 0.152. The molecule has 0 saturated carbocycles. The zero-order chi connectivity index (χ0) is 14.4. The fourth-order valence-electron chi connectivity index (χ4n) is 1.83. The number of anilines is 1. The summed E-state index contributed by atoms with van der Waals surface area (Å²) >= 11 is 0. The molecule has 0 heterocycles. The number of benzene rings is 1. The molecule has 0 radical (unpaired) electrons. The summed E-state index contributed by atoms with van der Waals surface area (Å²) in [5.41, 5.74) is 1.45. The smallest absolute Gasteiger partial charge is 0.335 e. The minimum Gasteiger partial charge on any atom is -0.478 e. The molecule has 2 amide bonds. The molecule has 1 aromatic carbocycles. The number of rotatable bonds is 5. The third kappa shape index (κ3) is 4.28. The van der Waals surface area contributed by atoms with E-state index in [2.05, 4.69) is 10.6 Å². The van der Waals surface area contributed by atoms with Crippen molar-refractivity contribution in [1.29, 1.82) is 0 Å². The second kappa shape index (κ2) is 6.78. The zero-order valence-corrected chi connectivity index (χ0v) is 11.5. The van der Waals surface area contributed by atoms with Crippen molar-refractivity contribution in [1.82, 2.24) is 5.32 Å². The van der Waals surface area contributed by atoms with Crippen molar-refractivity contribution >= 4 is 17.7 Å². The molecule has 0 unspecified atom stereocenters. The summed E-state index contributed by atoms with van der Waals surface area (Å²) in [6, 6.07) is 4.61. The van der Waals surface area contributed by atoms with E-state index in [1.54, 1.807) is 19.1 Å². The number of carboxylic acid groups (broad SMARTS) is 1. The van der Waals surface area contributed by atoms with E-state index in [4.69, 9.17) is 5.11 Å². The Balaban J connectivity index is 2.70. The molecule has 0 bridgehead atoms. The quantitative estimate of drug-likeness (QED) is 0.765. The molecule has 19 heavy (non-hydrogen) atoms. The molecular weight excluding hydrogens is 244 g/mol. The fourth-order valence-corrected chi connectivity index (χ4v) is 1.83. The van der Waals surface area contributed by atoms with Crippen LogP contribution in [0.1, 0.15) is 42.6 Å². The van der Waals surface area contributed by atoms with E-state index in [1.165, 1.54) is 6.07 Å². The molecule has 1 aromatic rings. The topological polar surface area (TPSA) is 78.4 Å². The molecule has 0 aliphatic rings. The first kappa shape index (κ1) is 15.0. The van der Waals surface area contributed by atoms with Crippen LogP contribution in [0.3, 0.4) is 0 Å². The first-order chi connectivity index (χ1) is 8.97. The van der Waals surface area contributed by atoms with Gasteiger partial charge in [0.05, 0.1) is 5.56 Å². The number of aryl methyl sites for hydroxylation is 1. The summed E-state index contributed by atoms with van der Waals surface area (Å²) < 4.78 is 0. The van der Waals surface area contributed by atoms with Crippen LogP contribution in [0.25, 0.3) is 0 Å². The summed E-state index contributed by atoms with van der Waals surface area (Å²) in [4.78, 5) is 22.6. The van der Waals surface area contributed by atoms with E-state index in [-0.39, 0.29) is 17.6 Å². The number of carbonyl (C=O) groups excluding carboxylic acids is 1. The predicted molar refractivity (Wildman–Crippen MR) is 74.7 cm³/mol. The summed E-state index contributed by atoms with van der Waals surface area (Å²) in [6.45, 7) is 5.73. The Bertz CT molecular complexity index is 468. The van der Waals surface area contributed by atoms with Gasteiger partial charge in [-0.05, 0) is 43.5 Å². The second-order valence-corrected chi connectivity index (χ2v) is 4.45.